The van der Waals surface area contributed by atoms with Crippen LogP contribution in [0.2, 0.25) is 0 Å². The predicted octanol–water partition coefficient (Wildman–Crippen LogP) is 3.49. The van der Waals surface area contributed by atoms with Gasteiger partial charge in [0.2, 0.25) is 0 Å². The van der Waals surface area contributed by atoms with E-state index in [0.29, 0.717) is 23.4 Å². The number of hydrogen-bond acceptors (Lipinski definition) is 3. The largest absolute Gasteiger partial charge is 0.465 e. The molecule has 0 spiro atoms. The predicted molar refractivity (Wildman–Crippen MR) is 79.7 cm³/mol. The minimum atomic E-state index is -0.284. The summed E-state index contributed by atoms with van der Waals surface area (Å²) in [7, 11) is 1.42. The second-order valence-corrected chi connectivity index (χ2v) is 5.91. The molecule has 1 saturated carbocycles. The van der Waals surface area contributed by atoms with Crippen molar-refractivity contribution in [1.29, 1.82) is 0 Å². The van der Waals surface area contributed by atoms with Crippen LogP contribution in [0.3, 0.4) is 0 Å². The average Bonchev–Trinajstić information content (AvgIpc) is 3.09. The summed E-state index contributed by atoms with van der Waals surface area (Å²) in [5, 5.41) is 3.52. The van der Waals surface area contributed by atoms with Crippen molar-refractivity contribution < 1.29 is 9.53 Å². The monoisotopic (exact) mass is 271 g/mol. The van der Waals surface area contributed by atoms with Crippen LogP contribution >= 0.6 is 0 Å². The second kappa shape index (κ2) is 5.31. The molecule has 1 fully saturated rings. The molecular weight excluding hydrogens is 250 g/mol. The number of methoxy groups -OCH3 is 1. The van der Waals surface area contributed by atoms with Gasteiger partial charge in [-0.3, -0.25) is 0 Å². The molecule has 0 aliphatic heterocycles. The Balaban J connectivity index is 1.74. The number of esters is 1. The van der Waals surface area contributed by atoms with Crippen molar-refractivity contribution in [2.45, 2.75) is 25.8 Å². The van der Waals surface area contributed by atoms with Gasteiger partial charge in [-0.15, -0.1) is 0 Å². The summed E-state index contributed by atoms with van der Waals surface area (Å²) in [4.78, 5) is 11.8. The summed E-state index contributed by atoms with van der Waals surface area (Å²) in [6.45, 7) is 2.22. The minimum Gasteiger partial charge on any atom is -0.465 e. The van der Waals surface area contributed by atoms with Gasteiger partial charge < -0.3 is 10.1 Å². The number of nitrogens with one attached hydrogen (secondary N) is 1. The van der Waals surface area contributed by atoms with Crippen molar-refractivity contribution >= 4 is 11.7 Å². The maximum Gasteiger partial charge on any atom is 0.339 e. The first-order chi connectivity index (χ1) is 9.69. The normalized spacial score (nSPS) is 28.4. The number of rotatable bonds is 4. The third kappa shape index (κ3) is 2.33. The fourth-order valence-electron chi connectivity index (χ4n) is 3.65. The molecule has 2 bridgehead atoms. The SMILES string of the molecule is COC(=O)c1ccccc1NC(C)C1CC2C=CC1C2. The smallest absolute Gasteiger partial charge is 0.339 e. The summed E-state index contributed by atoms with van der Waals surface area (Å²) in [5.41, 5.74) is 1.49. The van der Waals surface area contributed by atoms with Crippen LogP contribution in [0.4, 0.5) is 5.69 Å². The fraction of sp³-hybridized carbons (Fsp3) is 0.471. The molecule has 2 aliphatic rings. The third-order valence-corrected chi connectivity index (χ3v) is 4.69. The van der Waals surface area contributed by atoms with Gasteiger partial charge in [0.15, 0.2) is 0 Å². The molecule has 1 aromatic carbocycles. The molecule has 3 rings (SSSR count). The molecule has 4 atom stereocenters. The standard InChI is InChI=1S/C17H21NO2/c1-11(15-10-12-7-8-13(15)9-12)18-16-6-4-3-5-14(16)17(19)20-2/h3-8,11-13,15,18H,9-10H2,1-2H3. The summed E-state index contributed by atoms with van der Waals surface area (Å²) >= 11 is 0. The van der Waals surface area contributed by atoms with Crippen LogP contribution in [0.1, 0.15) is 30.1 Å². The minimum absolute atomic E-state index is 0.284. The second-order valence-electron chi connectivity index (χ2n) is 5.91. The summed E-state index contributed by atoms with van der Waals surface area (Å²) < 4.78 is 4.84. The highest BCUT2D eigenvalue weighted by molar-refractivity contribution is 5.95. The Morgan fingerprint density at radius 2 is 2.10 bits per heavy atom. The molecule has 0 aromatic heterocycles. The van der Waals surface area contributed by atoms with E-state index in [-0.39, 0.29) is 5.97 Å². The van der Waals surface area contributed by atoms with E-state index in [1.807, 2.05) is 24.3 Å². The van der Waals surface area contributed by atoms with Gasteiger partial charge in [-0.1, -0.05) is 24.3 Å². The van der Waals surface area contributed by atoms with E-state index < -0.39 is 0 Å². The van der Waals surface area contributed by atoms with Crippen LogP contribution in [-0.4, -0.2) is 19.1 Å². The lowest BCUT2D eigenvalue weighted by Gasteiger charge is -2.27. The number of anilines is 1. The maximum atomic E-state index is 11.8. The molecule has 3 nitrogen and oxygen atoms in total. The quantitative estimate of drug-likeness (QED) is 0.673. The van der Waals surface area contributed by atoms with Gasteiger partial charge >= 0.3 is 5.97 Å². The Bertz CT molecular complexity index is 538. The van der Waals surface area contributed by atoms with E-state index >= 15 is 0 Å². The molecule has 1 N–H and O–H groups in total. The zero-order valence-corrected chi connectivity index (χ0v) is 12.0. The molecule has 0 heterocycles. The Morgan fingerprint density at radius 1 is 1.30 bits per heavy atom. The van der Waals surface area contributed by atoms with Gasteiger partial charge in [0.25, 0.3) is 0 Å². The number of benzene rings is 1. The first-order valence-corrected chi connectivity index (χ1v) is 7.31. The molecule has 3 heteroatoms. The fourth-order valence-corrected chi connectivity index (χ4v) is 3.65. The Hall–Kier alpha value is -1.77. The molecule has 106 valence electrons. The molecule has 0 radical (unpaired) electrons. The van der Waals surface area contributed by atoms with E-state index in [2.05, 4.69) is 24.4 Å². The lowest BCUT2D eigenvalue weighted by molar-refractivity contribution is 0.0601. The molecule has 0 amide bonds. The topological polar surface area (TPSA) is 38.3 Å². The molecule has 1 aromatic rings. The first kappa shape index (κ1) is 13.2. The van der Waals surface area contributed by atoms with Crippen LogP contribution in [0.25, 0.3) is 0 Å². The van der Waals surface area contributed by atoms with E-state index in [1.54, 1.807) is 0 Å². The molecule has 2 aliphatic carbocycles. The van der Waals surface area contributed by atoms with Crippen LogP contribution < -0.4 is 5.32 Å². The van der Waals surface area contributed by atoms with E-state index in [9.17, 15) is 4.79 Å². The van der Waals surface area contributed by atoms with Crippen molar-refractivity contribution in [3.8, 4) is 0 Å². The summed E-state index contributed by atoms with van der Waals surface area (Å²) in [6, 6.07) is 7.93. The number of carbonyl (C=O) groups is 1. The van der Waals surface area contributed by atoms with Gasteiger partial charge in [-0.2, -0.15) is 0 Å². The molecule has 20 heavy (non-hydrogen) atoms. The number of allylic oxidation sites excluding steroid dienone is 2. The zero-order valence-electron chi connectivity index (χ0n) is 12.0. The number of hydrogen-bond donors (Lipinski definition) is 1. The summed E-state index contributed by atoms with van der Waals surface area (Å²) in [5.74, 6) is 1.85. The number of ether oxygens (including phenoxy) is 1. The number of carbonyl (C=O) groups excluding carboxylic acids is 1. The zero-order chi connectivity index (χ0) is 14.1. The Morgan fingerprint density at radius 3 is 2.75 bits per heavy atom. The first-order valence-electron chi connectivity index (χ1n) is 7.31. The van der Waals surface area contributed by atoms with Gasteiger partial charge in [0, 0.05) is 11.7 Å². The van der Waals surface area contributed by atoms with Crippen LogP contribution in [0.15, 0.2) is 36.4 Å². The van der Waals surface area contributed by atoms with Crippen molar-refractivity contribution in [2.75, 3.05) is 12.4 Å². The maximum absolute atomic E-state index is 11.8. The van der Waals surface area contributed by atoms with Gasteiger partial charge in [0.05, 0.1) is 12.7 Å². The van der Waals surface area contributed by atoms with E-state index in [4.69, 9.17) is 4.74 Å². The van der Waals surface area contributed by atoms with E-state index in [1.165, 1.54) is 20.0 Å². The number of para-hydroxylation sites is 1. The lowest BCUT2D eigenvalue weighted by atomic mass is 9.87. The molecule has 4 unspecified atom stereocenters. The highest BCUT2D eigenvalue weighted by atomic mass is 16.5. The third-order valence-electron chi connectivity index (χ3n) is 4.69. The average molecular weight is 271 g/mol. The van der Waals surface area contributed by atoms with Gasteiger partial charge in [0.1, 0.15) is 0 Å². The Kier molecular flexibility index (Phi) is 3.51. The lowest BCUT2D eigenvalue weighted by Crippen LogP contribution is -2.29. The van der Waals surface area contributed by atoms with Crippen molar-refractivity contribution in [1.82, 2.24) is 0 Å². The van der Waals surface area contributed by atoms with Gasteiger partial charge in [-0.25, -0.2) is 4.79 Å². The highest BCUT2D eigenvalue weighted by Crippen LogP contribution is 2.45. The molecule has 0 saturated heterocycles. The molecular formula is C17H21NO2. The van der Waals surface area contributed by atoms with Crippen molar-refractivity contribution in [3.63, 3.8) is 0 Å². The number of fused-ring (bicyclic) bond motifs is 2. The van der Waals surface area contributed by atoms with Crippen LogP contribution in [0, 0.1) is 17.8 Å². The Labute approximate surface area is 120 Å². The van der Waals surface area contributed by atoms with Crippen LogP contribution in [-0.2, 0) is 4.74 Å². The summed E-state index contributed by atoms with van der Waals surface area (Å²) in [6.07, 6.45) is 7.28. The van der Waals surface area contributed by atoms with Crippen molar-refractivity contribution in [2.24, 2.45) is 17.8 Å². The highest BCUT2D eigenvalue weighted by Gasteiger charge is 2.38. The van der Waals surface area contributed by atoms with Gasteiger partial charge in [-0.05, 0) is 49.7 Å². The van der Waals surface area contributed by atoms with Crippen molar-refractivity contribution in [3.05, 3.63) is 42.0 Å². The van der Waals surface area contributed by atoms with Crippen LogP contribution in [0.5, 0.6) is 0 Å². The van der Waals surface area contributed by atoms with E-state index in [0.717, 1.165) is 11.6 Å².